The number of amides is 1. The monoisotopic (exact) mass is 353 g/mol. The molecule has 0 spiro atoms. The van der Waals surface area contributed by atoms with Gasteiger partial charge in [0.2, 0.25) is 11.8 Å². The van der Waals surface area contributed by atoms with E-state index in [1.807, 2.05) is 13.0 Å². The highest BCUT2D eigenvalue weighted by Gasteiger charge is 2.15. The van der Waals surface area contributed by atoms with Crippen LogP contribution in [0, 0.1) is 0 Å². The minimum Gasteiger partial charge on any atom is -0.508 e. The minimum atomic E-state index is -0.292. The van der Waals surface area contributed by atoms with E-state index in [2.05, 4.69) is 17.1 Å². The first-order valence-electron chi connectivity index (χ1n) is 8.30. The zero-order valence-electron chi connectivity index (χ0n) is 14.9. The Morgan fingerprint density at radius 3 is 2.62 bits per heavy atom. The van der Waals surface area contributed by atoms with Gasteiger partial charge in [0.15, 0.2) is 0 Å². The maximum atomic E-state index is 12.0. The Morgan fingerprint density at radius 1 is 1.31 bits per heavy atom. The number of carbonyl (C=O) groups is 1. The van der Waals surface area contributed by atoms with Crippen molar-refractivity contribution in [3.05, 3.63) is 59.8 Å². The number of nitrogens with zero attached hydrogens (tertiary/aromatic N) is 2. The normalized spacial score (nSPS) is 11.7. The molecule has 0 saturated carbocycles. The highest BCUT2D eigenvalue weighted by Crippen LogP contribution is 2.26. The van der Waals surface area contributed by atoms with Crippen molar-refractivity contribution >= 4 is 23.9 Å². The minimum absolute atomic E-state index is 0.0404. The number of benzene rings is 1. The fourth-order valence-electron chi connectivity index (χ4n) is 2.43. The molecule has 0 radical (unpaired) electrons. The first kappa shape index (κ1) is 19.1. The lowest BCUT2D eigenvalue weighted by molar-refractivity contribution is -0.120. The van der Waals surface area contributed by atoms with Gasteiger partial charge < -0.3 is 10.2 Å². The van der Waals surface area contributed by atoms with Gasteiger partial charge in [-0.1, -0.05) is 37.8 Å². The molecule has 26 heavy (non-hydrogen) atoms. The predicted octanol–water partition coefficient (Wildman–Crippen LogP) is 3.51. The van der Waals surface area contributed by atoms with E-state index in [-0.39, 0.29) is 24.0 Å². The van der Waals surface area contributed by atoms with Gasteiger partial charge in [-0.2, -0.15) is 5.10 Å². The third-order valence-corrected chi connectivity index (χ3v) is 3.77. The third kappa shape index (κ3) is 4.63. The van der Waals surface area contributed by atoms with Crippen molar-refractivity contribution in [2.24, 2.45) is 5.10 Å². The Hall–Kier alpha value is -3.28. The van der Waals surface area contributed by atoms with Crippen molar-refractivity contribution in [2.45, 2.75) is 26.7 Å². The number of aromatic hydroxyl groups is 2. The van der Waals surface area contributed by atoms with Crippen molar-refractivity contribution in [1.82, 2.24) is 9.99 Å². The average Bonchev–Trinajstić information content (AvgIpc) is 2.95. The highest BCUT2D eigenvalue weighted by molar-refractivity contribution is 6.04. The van der Waals surface area contributed by atoms with E-state index in [4.69, 9.17) is 0 Å². The van der Waals surface area contributed by atoms with Crippen LogP contribution in [0.4, 0.5) is 0 Å². The van der Waals surface area contributed by atoms with Crippen molar-refractivity contribution in [2.75, 3.05) is 0 Å². The van der Waals surface area contributed by atoms with Crippen molar-refractivity contribution in [3.8, 4) is 11.6 Å². The summed E-state index contributed by atoms with van der Waals surface area (Å²) in [6.45, 7) is 7.46. The van der Waals surface area contributed by atoms with E-state index in [1.54, 1.807) is 42.1 Å². The molecule has 0 aliphatic rings. The van der Waals surface area contributed by atoms with E-state index in [0.717, 1.165) is 17.5 Å². The van der Waals surface area contributed by atoms with Crippen LogP contribution in [0.25, 0.3) is 12.3 Å². The van der Waals surface area contributed by atoms with Gasteiger partial charge in [-0.25, -0.2) is 5.43 Å². The zero-order valence-corrected chi connectivity index (χ0v) is 14.9. The largest absolute Gasteiger partial charge is 0.508 e. The number of rotatable bonds is 7. The Bertz CT molecular complexity index is 846. The molecule has 0 aliphatic heterocycles. The summed E-state index contributed by atoms with van der Waals surface area (Å²) in [5.41, 5.74) is 4.96. The van der Waals surface area contributed by atoms with Crippen LogP contribution < -0.4 is 5.43 Å². The summed E-state index contributed by atoms with van der Waals surface area (Å²) in [5.74, 6) is -0.101. The molecule has 1 heterocycles. The number of carbonyl (C=O) groups excluding carboxylic acids is 1. The molecule has 6 heteroatoms. The van der Waals surface area contributed by atoms with E-state index < -0.39 is 0 Å². The van der Waals surface area contributed by atoms with Crippen LogP contribution in [-0.2, 0) is 11.2 Å². The Balaban J connectivity index is 2.14. The SMILES string of the molecule is C=Cc1cn(/C=C/CC)c(O)c1/C(C)=N/NC(=O)Cc1ccc(O)cc1. The summed E-state index contributed by atoms with van der Waals surface area (Å²) in [6, 6.07) is 6.40. The number of aromatic nitrogens is 1. The van der Waals surface area contributed by atoms with Crippen LogP contribution in [0.3, 0.4) is 0 Å². The van der Waals surface area contributed by atoms with Gasteiger partial charge in [-0.3, -0.25) is 9.36 Å². The zero-order chi connectivity index (χ0) is 19.1. The molecule has 3 N–H and O–H groups in total. The molecular formula is C20H23N3O3. The molecule has 1 aromatic heterocycles. The number of allylic oxidation sites excluding steroid dienone is 1. The number of hydrogen-bond acceptors (Lipinski definition) is 4. The summed E-state index contributed by atoms with van der Waals surface area (Å²) in [7, 11) is 0. The lowest BCUT2D eigenvalue weighted by atomic mass is 10.1. The molecule has 136 valence electrons. The summed E-state index contributed by atoms with van der Waals surface area (Å²) in [4.78, 5) is 12.0. The lowest BCUT2D eigenvalue weighted by Crippen LogP contribution is -2.21. The second kappa shape index (κ2) is 8.71. The maximum Gasteiger partial charge on any atom is 0.244 e. The van der Waals surface area contributed by atoms with Crippen LogP contribution >= 0.6 is 0 Å². The quantitative estimate of drug-likeness (QED) is 0.526. The molecule has 0 aliphatic carbocycles. The van der Waals surface area contributed by atoms with Gasteiger partial charge in [0.05, 0.1) is 17.7 Å². The number of hydrogen-bond donors (Lipinski definition) is 3. The summed E-state index contributed by atoms with van der Waals surface area (Å²) < 4.78 is 1.59. The van der Waals surface area contributed by atoms with Crippen molar-refractivity contribution in [1.29, 1.82) is 0 Å². The second-order valence-corrected chi connectivity index (χ2v) is 5.76. The van der Waals surface area contributed by atoms with E-state index in [1.165, 1.54) is 12.1 Å². The molecule has 0 atom stereocenters. The smallest absolute Gasteiger partial charge is 0.244 e. The summed E-state index contributed by atoms with van der Waals surface area (Å²) >= 11 is 0. The topological polar surface area (TPSA) is 86.9 Å². The van der Waals surface area contributed by atoms with Crippen LogP contribution in [0.5, 0.6) is 11.6 Å². The maximum absolute atomic E-state index is 12.0. The molecule has 2 aromatic rings. The van der Waals surface area contributed by atoms with Gasteiger partial charge in [0.1, 0.15) is 5.75 Å². The van der Waals surface area contributed by atoms with E-state index in [9.17, 15) is 15.0 Å². The van der Waals surface area contributed by atoms with Crippen LogP contribution in [0.15, 0.2) is 48.2 Å². The fraction of sp³-hybridized carbons (Fsp3) is 0.200. The van der Waals surface area contributed by atoms with Gasteiger partial charge in [0, 0.05) is 18.0 Å². The number of nitrogens with one attached hydrogen (secondary N) is 1. The molecular weight excluding hydrogens is 330 g/mol. The molecule has 0 bridgehead atoms. The molecule has 0 fully saturated rings. The fourth-order valence-corrected chi connectivity index (χ4v) is 2.43. The van der Waals surface area contributed by atoms with Gasteiger partial charge in [-0.05, 0) is 31.0 Å². The summed E-state index contributed by atoms with van der Waals surface area (Å²) in [5, 5.41) is 23.8. The number of hydrazone groups is 1. The van der Waals surface area contributed by atoms with E-state index in [0.29, 0.717) is 11.3 Å². The standard InChI is InChI=1S/C20H23N3O3/c1-4-6-11-23-13-16(5-2)19(20(23)26)14(3)21-22-18(25)12-15-7-9-17(24)10-8-15/h5-11,13,24,26H,2,4,12H2,1,3H3,(H,22,25)/b11-6+,21-14+. The van der Waals surface area contributed by atoms with Crippen LogP contribution in [0.1, 0.15) is 37.0 Å². The Morgan fingerprint density at radius 2 is 2.00 bits per heavy atom. The second-order valence-electron chi connectivity index (χ2n) is 5.76. The molecule has 1 aromatic carbocycles. The molecule has 0 saturated heterocycles. The van der Waals surface area contributed by atoms with Gasteiger partial charge in [0.25, 0.3) is 0 Å². The first-order chi connectivity index (χ1) is 12.5. The molecule has 2 rings (SSSR count). The van der Waals surface area contributed by atoms with E-state index >= 15 is 0 Å². The highest BCUT2D eigenvalue weighted by atomic mass is 16.3. The third-order valence-electron chi connectivity index (χ3n) is 3.77. The van der Waals surface area contributed by atoms with Crippen molar-refractivity contribution in [3.63, 3.8) is 0 Å². The van der Waals surface area contributed by atoms with Gasteiger partial charge >= 0.3 is 0 Å². The van der Waals surface area contributed by atoms with Crippen molar-refractivity contribution < 1.29 is 15.0 Å². The average molecular weight is 353 g/mol. The Kier molecular flexibility index (Phi) is 6.38. The Labute approximate surface area is 152 Å². The molecule has 0 unspecified atom stereocenters. The summed E-state index contributed by atoms with van der Waals surface area (Å²) in [6.07, 6.45) is 8.04. The van der Waals surface area contributed by atoms with Gasteiger partial charge in [-0.15, -0.1) is 0 Å². The van der Waals surface area contributed by atoms with Crippen LogP contribution in [0.2, 0.25) is 0 Å². The molecule has 6 nitrogen and oxygen atoms in total. The predicted molar refractivity (Wildman–Crippen MR) is 104 cm³/mol. The van der Waals surface area contributed by atoms with Crippen LogP contribution in [-0.4, -0.2) is 26.4 Å². The number of phenolic OH excluding ortho intramolecular Hbond substituents is 1. The first-order valence-corrected chi connectivity index (χ1v) is 8.30. The number of phenols is 1. The molecule has 1 amide bonds. The lowest BCUT2D eigenvalue weighted by Gasteiger charge is -2.04.